The number of aryl methyl sites for hydroxylation is 1. The largest absolute Gasteiger partial charge is 0.384 e. The van der Waals surface area contributed by atoms with Gasteiger partial charge in [0.2, 0.25) is 0 Å². The van der Waals surface area contributed by atoms with E-state index in [-0.39, 0.29) is 5.78 Å². The third-order valence-electron chi connectivity index (χ3n) is 2.28. The summed E-state index contributed by atoms with van der Waals surface area (Å²) in [6.07, 6.45) is 0.592. The van der Waals surface area contributed by atoms with Crippen molar-refractivity contribution in [2.45, 2.75) is 13.3 Å². The smallest absolute Gasteiger partial charge is 0.167 e. The van der Waals surface area contributed by atoms with E-state index in [0.717, 1.165) is 27.8 Å². The highest BCUT2D eigenvalue weighted by atomic mass is 79.9. The molecule has 0 fully saturated rings. The summed E-state index contributed by atoms with van der Waals surface area (Å²) in [5, 5.41) is 3.21. The number of hydrogen-bond donors (Lipinski definition) is 1. The van der Waals surface area contributed by atoms with Crippen LogP contribution in [0.4, 0.5) is 5.69 Å². The molecule has 1 aromatic carbocycles. The van der Waals surface area contributed by atoms with Crippen LogP contribution in [0.1, 0.15) is 22.3 Å². The molecular formula is C10H10BrNO. The molecule has 0 atom stereocenters. The Kier molecular flexibility index (Phi) is 2.12. The number of halogens is 1. The Bertz CT molecular complexity index is 373. The maximum atomic E-state index is 11.6. The molecular weight excluding hydrogens is 230 g/mol. The second-order valence-electron chi connectivity index (χ2n) is 3.22. The van der Waals surface area contributed by atoms with Crippen LogP contribution in [0.25, 0.3) is 0 Å². The van der Waals surface area contributed by atoms with Gasteiger partial charge in [-0.2, -0.15) is 0 Å². The topological polar surface area (TPSA) is 29.1 Å². The average molecular weight is 240 g/mol. The van der Waals surface area contributed by atoms with Gasteiger partial charge in [-0.25, -0.2) is 0 Å². The van der Waals surface area contributed by atoms with Crippen LogP contribution in [0.2, 0.25) is 0 Å². The molecule has 0 saturated heterocycles. The first-order chi connectivity index (χ1) is 6.20. The van der Waals surface area contributed by atoms with Crippen LogP contribution in [0.3, 0.4) is 0 Å². The van der Waals surface area contributed by atoms with Crippen LogP contribution in [0.15, 0.2) is 16.6 Å². The molecule has 1 aliphatic rings. The number of ketones is 1. The lowest BCUT2D eigenvalue weighted by atomic mass is 10.0. The van der Waals surface area contributed by atoms with Crippen molar-refractivity contribution in [2.24, 2.45) is 0 Å². The minimum absolute atomic E-state index is 0.226. The van der Waals surface area contributed by atoms with Crippen LogP contribution in [-0.2, 0) is 0 Å². The number of fused-ring (bicyclic) bond motifs is 1. The lowest BCUT2D eigenvalue weighted by molar-refractivity contribution is 0.0983. The first-order valence-corrected chi connectivity index (χ1v) is 5.05. The molecule has 2 rings (SSSR count). The Balaban J connectivity index is 2.65. The average Bonchev–Trinajstić information content (AvgIpc) is 2.12. The van der Waals surface area contributed by atoms with Gasteiger partial charge >= 0.3 is 0 Å². The molecule has 0 unspecified atom stereocenters. The number of carbonyl (C=O) groups excluding carboxylic acids is 1. The van der Waals surface area contributed by atoms with Crippen molar-refractivity contribution in [2.75, 3.05) is 11.9 Å². The van der Waals surface area contributed by atoms with Crippen molar-refractivity contribution in [3.63, 3.8) is 0 Å². The molecule has 0 bridgehead atoms. The summed E-state index contributed by atoms with van der Waals surface area (Å²) in [6.45, 7) is 2.74. The number of benzene rings is 1. The van der Waals surface area contributed by atoms with Crippen LogP contribution in [0, 0.1) is 6.92 Å². The fourth-order valence-corrected chi connectivity index (χ4v) is 2.10. The zero-order chi connectivity index (χ0) is 9.42. The lowest BCUT2D eigenvalue weighted by Gasteiger charge is -2.18. The third kappa shape index (κ3) is 1.37. The minimum atomic E-state index is 0.226. The molecule has 1 N–H and O–H groups in total. The number of hydrogen-bond acceptors (Lipinski definition) is 2. The van der Waals surface area contributed by atoms with Crippen molar-refractivity contribution in [3.8, 4) is 0 Å². The van der Waals surface area contributed by atoms with E-state index in [1.807, 2.05) is 19.1 Å². The molecule has 0 aromatic heterocycles. The first kappa shape index (κ1) is 8.75. The molecule has 3 heteroatoms. The molecule has 1 aliphatic heterocycles. The fourth-order valence-electron chi connectivity index (χ4n) is 1.54. The van der Waals surface area contributed by atoms with Crippen molar-refractivity contribution in [1.82, 2.24) is 0 Å². The van der Waals surface area contributed by atoms with Gasteiger partial charge in [-0.1, -0.05) is 6.07 Å². The molecule has 0 saturated carbocycles. The van der Waals surface area contributed by atoms with Crippen LogP contribution in [-0.4, -0.2) is 12.3 Å². The predicted octanol–water partition coefficient (Wildman–Crippen LogP) is 2.76. The summed E-state index contributed by atoms with van der Waals surface area (Å²) in [5.74, 6) is 0.226. The quantitative estimate of drug-likeness (QED) is 0.755. The maximum Gasteiger partial charge on any atom is 0.167 e. The van der Waals surface area contributed by atoms with E-state index in [9.17, 15) is 4.79 Å². The summed E-state index contributed by atoms with van der Waals surface area (Å²) >= 11 is 3.45. The molecule has 13 heavy (non-hydrogen) atoms. The van der Waals surface area contributed by atoms with Gasteiger partial charge in [0.15, 0.2) is 5.78 Å². The van der Waals surface area contributed by atoms with E-state index in [0.29, 0.717) is 6.42 Å². The van der Waals surface area contributed by atoms with Crippen molar-refractivity contribution in [3.05, 3.63) is 27.7 Å². The van der Waals surface area contributed by atoms with Gasteiger partial charge in [0, 0.05) is 23.1 Å². The molecule has 1 aromatic rings. The highest BCUT2D eigenvalue weighted by molar-refractivity contribution is 9.10. The molecule has 0 radical (unpaired) electrons. The van der Waals surface area contributed by atoms with Crippen LogP contribution >= 0.6 is 15.9 Å². The van der Waals surface area contributed by atoms with Crippen molar-refractivity contribution in [1.29, 1.82) is 0 Å². The Morgan fingerprint density at radius 1 is 1.46 bits per heavy atom. The van der Waals surface area contributed by atoms with Crippen molar-refractivity contribution >= 4 is 27.4 Å². The Morgan fingerprint density at radius 3 is 3.00 bits per heavy atom. The molecule has 68 valence electrons. The van der Waals surface area contributed by atoms with E-state index in [4.69, 9.17) is 0 Å². The minimum Gasteiger partial charge on any atom is -0.384 e. The van der Waals surface area contributed by atoms with Gasteiger partial charge in [0.1, 0.15) is 0 Å². The SMILES string of the molecule is Cc1ccc2c(c1Br)C(=O)CCN2. The van der Waals surface area contributed by atoms with Gasteiger partial charge in [0.25, 0.3) is 0 Å². The summed E-state index contributed by atoms with van der Waals surface area (Å²) in [4.78, 5) is 11.6. The summed E-state index contributed by atoms with van der Waals surface area (Å²) in [7, 11) is 0. The molecule has 1 heterocycles. The van der Waals surface area contributed by atoms with E-state index < -0.39 is 0 Å². The Hall–Kier alpha value is -0.830. The highest BCUT2D eigenvalue weighted by Crippen LogP contribution is 2.31. The highest BCUT2D eigenvalue weighted by Gasteiger charge is 2.20. The van der Waals surface area contributed by atoms with E-state index in [2.05, 4.69) is 21.2 Å². The second-order valence-corrected chi connectivity index (χ2v) is 4.01. The van der Waals surface area contributed by atoms with Gasteiger partial charge in [0.05, 0.1) is 5.56 Å². The summed E-state index contributed by atoms with van der Waals surface area (Å²) in [6, 6.07) is 3.97. The van der Waals surface area contributed by atoms with Crippen molar-refractivity contribution < 1.29 is 4.79 Å². The third-order valence-corrected chi connectivity index (χ3v) is 3.30. The molecule has 0 aliphatic carbocycles. The van der Waals surface area contributed by atoms with Crippen LogP contribution < -0.4 is 5.32 Å². The monoisotopic (exact) mass is 239 g/mol. The number of nitrogens with one attached hydrogen (secondary N) is 1. The molecule has 0 spiro atoms. The Morgan fingerprint density at radius 2 is 2.23 bits per heavy atom. The van der Waals surface area contributed by atoms with Gasteiger partial charge < -0.3 is 5.32 Å². The summed E-state index contributed by atoms with van der Waals surface area (Å²) in [5.41, 5.74) is 2.87. The fraction of sp³-hybridized carbons (Fsp3) is 0.300. The number of carbonyl (C=O) groups is 1. The standard InChI is InChI=1S/C10H10BrNO/c1-6-2-3-7-9(10(6)11)8(13)4-5-12-7/h2-3,12H,4-5H2,1H3. The normalized spacial score (nSPS) is 15.1. The second kappa shape index (κ2) is 3.14. The maximum absolute atomic E-state index is 11.6. The summed E-state index contributed by atoms with van der Waals surface area (Å²) < 4.78 is 0.933. The zero-order valence-electron chi connectivity index (χ0n) is 7.36. The zero-order valence-corrected chi connectivity index (χ0v) is 8.94. The van der Waals surface area contributed by atoms with Gasteiger partial charge in [-0.05, 0) is 34.5 Å². The van der Waals surface area contributed by atoms with Crippen LogP contribution in [0.5, 0.6) is 0 Å². The van der Waals surface area contributed by atoms with E-state index in [1.165, 1.54) is 0 Å². The number of Topliss-reactive ketones (excluding diaryl/α,β-unsaturated/α-hetero) is 1. The first-order valence-electron chi connectivity index (χ1n) is 4.26. The van der Waals surface area contributed by atoms with Gasteiger partial charge in [-0.3, -0.25) is 4.79 Å². The molecule has 0 amide bonds. The number of anilines is 1. The van der Waals surface area contributed by atoms with E-state index >= 15 is 0 Å². The number of rotatable bonds is 0. The van der Waals surface area contributed by atoms with E-state index in [1.54, 1.807) is 0 Å². The molecule has 2 nitrogen and oxygen atoms in total. The Labute approximate surface area is 85.5 Å². The lowest BCUT2D eigenvalue weighted by Crippen LogP contribution is -2.18. The predicted molar refractivity (Wildman–Crippen MR) is 56.3 cm³/mol. The van der Waals surface area contributed by atoms with Gasteiger partial charge in [-0.15, -0.1) is 0 Å².